The molecule has 0 radical (unpaired) electrons. The average Bonchev–Trinajstić information content (AvgIpc) is 2.14. The molecule has 0 aromatic heterocycles. The van der Waals surface area contributed by atoms with Crippen molar-refractivity contribution in [1.82, 2.24) is 0 Å². The van der Waals surface area contributed by atoms with Gasteiger partial charge in [0.15, 0.2) is 0 Å². The minimum absolute atomic E-state index is 0.152. The maximum atomic E-state index is 8.56. The van der Waals surface area contributed by atoms with Gasteiger partial charge in [-0.15, -0.1) is 0 Å². The van der Waals surface area contributed by atoms with Gasteiger partial charge in [-0.05, 0) is 18.3 Å². The molecule has 2 atom stereocenters. The van der Waals surface area contributed by atoms with E-state index in [4.69, 9.17) is 5.11 Å². The lowest BCUT2D eigenvalue weighted by Gasteiger charge is -2.02. The predicted octanol–water partition coefficient (Wildman–Crippen LogP) is 3.16. The van der Waals surface area contributed by atoms with Gasteiger partial charge in [-0.3, -0.25) is 0 Å². The van der Waals surface area contributed by atoms with Crippen LogP contribution in [0, 0.1) is 11.8 Å². The van der Waals surface area contributed by atoms with Crippen molar-refractivity contribution >= 4 is 0 Å². The lowest BCUT2D eigenvalue weighted by molar-refractivity contribution is 0.342. The number of hydrogen-bond acceptors (Lipinski definition) is 1. The molecule has 76 valence electrons. The second kappa shape index (κ2) is 8.06. The number of allylic oxidation sites excluding steroid dienone is 3. The van der Waals surface area contributed by atoms with Gasteiger partial charge in [-0.25, -0.2) is 0 Å². The summed E-state index contributed by atoms with van der Waals surface area (Å²) < 4.78 is 0. The maximum Gasteiger partial charge on any atom is 0.0612 e. The van der Waals surface area contributed by atoms with Crippen LogP contribution in [0.25, 0.3) is 0 Å². The van der Waals surface area contributed by atoms with E-state index in [1.54, 1.807) is 0 Å². The Kier molecular flexibility index (Phi) is 7.71. The van der Waals surface area contributed by atoms with Crippen LogP contribution in [0.5, 0.6) is 0 Å². The monoisotopic (exact) mass is 182 g/mol. The van der Waals surface area contributed by atoms with Crippen LogP contribution < -0.4 is 0 Å². The maximum absolute atomic E-state index is 8.56. The second-order valence-electron chi connectivity index (χ2n) is 3.64. The van der Waals surface area contributed by atoms with Crippen molar-refractivity contribution in [3.63, 3.8) is 0 Å². The van der Waals surface area contributed by atoms with E-state index in [2.05, 4.69) is 39.0 Å². The van der Waals surface area contributed by atoms with Gasteiger partial charge in [0.2, 0.25) is 0 Å². The highest BCUT2D eigenvalue weighted by Gasteiger charge is 1.94. The predicted molar refractivity (Wildman–Crippen MR) is 58.6 cm³/mol. The van der Waals surface area contributed by atoms with Crippen molar-refractivity contribution in [2.45, 2.75) is 33.6 Å². The smallest absolute Gasteiger partial charge is 0.0612 e. The second-order valence-corrected chi connectivity index (χ2v) is 3.64. The van der Waals surface area contributed by atoms with Crippen molar-refractivity contribution in [2.24, 2.45) is 11.8 Å². The molecular formula is C12H22O. The van der Waals surface area contributed by atoms with E-state index in [9.17, 15) is 0 Å². The zero-order valence-corrected chi connectivity index (χ0v) is 9.03. The zero-order chi connectivity index (χ0) is 10.1. The zero-order valence-electron chi connectivity index (χ0n) is 9.03. The molecule has 0 amide bonds. The summed E-state index contributed by atoms with van der Waals surface area (Å²) in [5.41, 5.74) is 0. The lowest BCUT2D eigenvalue weighted by Crippen LogP contribution is -1.89. The minimum atomic E-state index is 0.152. The third kappa shape index (κ3) is 7.79. The third-order valence-corrected chi connectivity index (χ3v) is 2.19. The Bertz CT molecular complexity index is 159. The lowest BCUT2D eigenvalue weighted by atomic mass is 10.0. The van der Waals surface area contributed by atoms with Crippen molar-refractivity contribution in [2.75, 3.05) is 6.61 Å². The van der Waals surface area contributed by atoms with Crippen molar-refractivity contribution in [3.8, 4) is 0 Å². The highest BCUT2D eigenvalue weighted by Crippen LogP contribution is 2.08. The Balaban J connectivity index is 3.62. The number of hydrogen-bond donors (Lipinski definition) is 1. The highest BCUT2D eigenvalue weighted by molar-refractivity contribution is 4.93. The molecule has 1 heteroatoms. The molecule has 0 aromatic rings. The summed E-state index contributed by atoms with van der Waals surface area (Å²) in [6.07, 6.45) is 10.6. The average molecular weight is 182 g/mol. The van der Waals surface area contributed by atoms with Crippen LogP contribution in [0.2, 0.25) is 0 Å². The van der Waals surface area contributed by atoms with Crippen LogP contribution in [-0.4, -0.2) is 11.7 Å². The summed E-state index contributed by atoms with van der Waals surface area (Å²) in [5, 5.41) is 8.56. The Hall–Kier alpha value is -0.560. The first kappa shape index (κ1) is 12.4. The quantitative estimate of drug-likeness (QED) is 0.626. The molecule has 0 saturated carbocycles. The van der Waals surface area contributed by atoms with Gasteiger partial charge in [0.05, 0.1) is 6.61 Å². The molecule has 0 aliphatic rings. The first-order chi connectivity index (χ1) is 6.20. The molecule has 2 unspecified atom stereocenters. The molecule has 0 heterocycles. The molecule has 1 nitrogen and oxygen atoms in total. The van der Waals surface area contributed by atoms with Crippen molar-refractivity contribution < 1.29 is 5.11 Å². The van der Waals surface area contributed by atoms with Gasteiger partial charge in [0, 0.05) is 0 Å². The van der Waals surface area contributed by atoms with E-state index in [1.165, 1.54) is 6.42 Å². The highest BCUT2D eigenvalue weighted by atomic mass is 16.2. The van der Waals surface area contributed by atoms with Gasteiger partial charge in [0.1, 0.15) is 0 Å². The molecule has 0 aliphatic carbocycles. The Morgan fingerprint density at radius 2 is 1.69 bits per heavy atom. The Labute approximate surface area is 82.2 Å². The van der Waals surface area contributed by atoms with Gasteiger partial charge in [0.25, 0.3) is 0 Å². The summed E-state index contributed by atoms with van der Waals surface area (Å²) in [5.74, 6) is 1.22. The summed E-state index contributed by atoms with van der Waals surface area (Å²) >= 11 is 0. The molecule has 13 heavy (non-hydrogen) atoms. The normalized spacial score (nSPS) is 16.9. The molecule has 0 rings (SSSR count). The molecular weight excluding hydrogens is 160 g/mol. The topological polar surface area (TPSA) is 20.2 Å². The van der Waals surface area contributed by atoms with Crippen LogP contribution in [0.1, 0.15) is 33.6 Å². The van der Waals surface area contributed by atoms with E-state index < -0.39 is 0 Å². The minimum Gasteiger partial charge on any atom is -0.392 e. The Morgan fingerprint density at radius 1 is 1.08 bits per heavy atom. The number of rotatable bonds is 6. The van der Waals surface area contributed by atoms with Crippen LogP contribution in [-0.2, 0) is 0 Å². The van der Waals surface area contributed by atoms with E-state index in [-0.39, 0.29) is 6.61 Å². The Morgan fingerprint density at radius 3 is 2.23 bits per heavy atom. The third-order valence-electron chi connectivity index (χ3n) is 2.19. The largest absolute Gasteiger partial charge is 0.392 e. The molecule has 0 aliphatic heterocycles. The van der Waals surface area contributed by atoms with E-state index in [0.29, 0.717) is 11.8 Å². The number of aliphatic hydroxyl groups is 1. The fourth-order valence-electron chi connectivity index (χ4n) is 1.03. The molecule has 0 fully saturated rings. The van der Waals surface area contributed by atoms with Gasteiger partial charge < -0.3 is 5.11 Å². The SMILES string of the molecule is CCC(C)/C=C/CC(C)/C=C/CO. The summed E-state index contributed by atoms with van der Waals surface area (Å²) in [7, 11) is 0. The van der Waals surface area contributed by atoms with E-state index in [0.717, 1.165) is 6.42 Å². The van der Waals surface area contributed by atoms with Crippen LogP contribution in [0.15, 0.2) is 24.3 Å². The first-order valence-corrected chi connectivity index (χ1v) is 5.14. The fourth-order valence-corrected chi connectivity index (χ4v) is 1.03. The van der Waals surface area contributed by atoms with E-state index >= 15 is 0 Å². The molecule has 0 aromatic carbocycles. The van der Waals surface area contributed by atoms with Gasteiger partial charge in [-0.1, -0.05) is 51.5 Å². The molecule has 1 N–H and O–H groups in total. The summed E-state index contributed by atoms with van der Waals surface area (Å²) in [6, 6.07) is 0. The molecule has 0 spiro atoms. The van der Waals surface area contributed by atoms with Crippen LogP contribution >= 0.6 is 0 Å². The van der Waals surface area contributed by atoms with Crippen molar-refractivity contribution in [3.05, 3.63) is 24.3 Å². The van der Waals surface area contributed by atoms with Gasteiger partial charge in [-0.2, -0.15) is 0 Å². The standard InChI is InChI=1S/C12H22O/c1-4-11(2)7-5-8-12(3)9-6-10-13/h5-7,9,11-13H,4,8,10H2,1-3H3/b7-5+,9-6+. The summed E-state index contributed by atoms with van der Waals surface area (Å²) in [4.78, 5) is 0. The first-order valence-electron chi connectivity index (χ1n) is 5.14. The van der Waals surface area contributed by atoms with Gasteiger partial charge >= 0.3 is 0 Å². The molecule has 0 saturated heterocycles. The van der Waals surface area contributed by atoms with E-state index in [1.807, 2.05) is 6.08 Å². The fraction of sp³-hybridized carbons (Fsp3) is 0.667. The van der Waals surface area contributed by atoms with Crippen molar-refractivity contribution in [1.29, 1.82) is 0 Å². The molecule has 0 bridgehead atoms. The van der Waals surface area contributed by atoms with Crippen LogP contribution in [0.4, 0.5) is 0 Å². The summed E-state index contributed by atoms with van der Waals surface area (Å²) in [6.45, 7) is 6.74. The van der Waals surface area contributed by atoms with Crippen LogP contribution in [0.3, 0.4) is 0 Å². The number of aliphatic hydroxyl groups excluding tert-OH is 1.